The number of nitrogens with zero attached hydrogens (tertiary/aromatic N) is 3. The monoisotopic (exact) mass is 655 g/mol. The normalized spacial score (nSPS) is 12.4. The summed E-state index contributed by atoms with van der Waals surface area (Å²) in [7, 11) is 0. The van der Waals surface area contributed by atoms with E-state index in [2.05, 4.69) is 80.5 Å². The molecular formula is C31H61HfN3. The van der Waals surface area contributed by atoms with Crippen molar-refractivity contribution < 1.29 is 20.8 Å². The Balaban J connectivity index is 3.75. The first-order chi connectivity index (χ1) is 17.1. The molecule has 1 aromatic rings. The maximum absolute atomic E-state index is 3.41. The van der Waals surface area contributed by atoms with Gasteiger partial charge in [0.05, 0.1) is 0 Å². The molecule has 0 spiro atoms. The minimum atomic E-state index is -3.41. The van der Waals surface area contributed by atoms with Crippen LogP contribution in [0.15, 0.2) is 30.3 Å². The Morgan fingerprint density at radius 1 is 0.457 bits per heavy atom. The molecular weight excluding hydrogens is 593 g/mol. The number of rotatable bonds is 23. The molecule has 3 nitrogen and oxygen atoms in total. The molecule has 0 amide bonds. The molecule has 0 aliphatic rings. The van der Waals surface area contributed by atoms with Crippen molar-refractivity contribution in [2.45, 2.75) is 123 Å². The van der Waals surface area contributed by atoms with E-state index in [4.69, 9.17) is 0 Å². The van der Waals surface area contributed by atoms with Crippen molar-refractivity contribution in [3.63, 3.8) is 0 Å². The van der Waals surface area contributed by atoms with Gasteiger partial charge in [-0.3, -0.25) is 0 Å². The summed E-state index contributed by atoms with van der Waals surface area (Å²) in [5.41, 5.74) is 1.59. The fourth-order valence-electron chi connectivity index (χ4n) is 5.31. The Hall–Kier alpha value is -0.0299. The van der Waals surface area contributed by atoms with Gasteiger partial charge in [0.1, 0.15) is 0 Å². The Bertz CT molecular complexity index is 520. The molecule has 0 unspecified atom stereocenters. The van der Waals surface area contributed by atoms with Crippen LogP contribution in [-0.2, 0) is 25.0 Å². The zero-order valence-corrected chi connectivity index (χ0v) is 28.3. The molecule has 0 aliphatic carbocycles. The van der Waals surface area contributed by atoms with E-state index in [0.717, 1.165) is 0 Å². The van der Waals surface area contributed by atoms with Crippen LogP contribution in [0.1, 0.15) is 124 Å². The quantitative estimate of drug-likeness (QED) is 0.109. The standard InChI is InChI=1S/3C8H18N.C7H7.Hf/c3*1-3-5-7-9-8-6-4-2;1-7-5-3-2-4-6-7;/h3*3-8H2,1-2H3;2-6H,1H2;/q3*-1;;+3. The van der Waals surface area contributed by atoms with Crippen LogP contribution in [0.25, 0.3) is 0 Å². The van der Waals surface area contributed by atoms with Gasteiger partial charge in [0.15, 0.2) is 0 Å². The fraction of sp³-hybridized carbons (Fsp3) is 0.806. The number of hydrogen-bond donors (Lipinski definition) is 0. The molecule has 1 rings (SSSR count). The number of benzene rings is 1. The van der Waals surface area contributed by atoms with Crippen LogP contribution in [0.3, 0.4) is 0 Å². The number of unbranched alkanes of at least 4 members (excludes halogenated alkanes) is 6. The second kappa shape index (κ2) is 21.0. The van der Waals surface area contributed by atoms with Crippen LogP contribution < -0.4 is 0 Å². The predicted molar refractivity (Wildman–Crippen MR) is 154 cm³/mol. The van der Waals surface area contributed by atoms with Crippen LogP contribution in [0.5, 0.6) is 0 Å². The van der Waals surface area contributed by atoms with Crippen molar-refractivity contribution in [2.75, 3.05) is 39.3 Å². The summed E-state index contributed by atoms with van der Waals surface area (Å²) >= 11 is -3.41. The number of hydrogen-bond acceptors (Lipinski definition) is 3. The molecule has 0 aromatic heterocycles. The summed E-state index contributed by atoms with van der Waals surface area (Å²) in [4.78, 5) is 0. The van der Waals surface area contributed by atoms with E-state index < -0.39 is 20.8 Å². The second-order valence-corrected chi connectivity index (χ2v) is 24.2. The molecule has 0 aliphatic heterocycles. The van der Waals surface area contributed by atoms with E-state index in [1.54, 1.807) is 5.56 Å². The maximum atomic E-state index is 3.17. The van der Waals surface area contributed by atoms with E-state index >= 15 is 0 Å². The summed E-state index contributed by atoms with van der Waals surface area (Å²) in [5.74, 6) is 0. The van der Waals surface area contributed by atoms with Crippen LogP contribution in [0.2, 0.25) is 0 Å². The molecule has 35 heavy (non-hydrogen) atoms. The zero-order valence-electron chi connectivity index (χ0n) is 24.7. The van der Waals surface area contributed by atoms with E-state index in [0.29, 0.717) is 0 Å². The molecule has 0 bridgehead atoms. The Labute approximate surface area is 226 Å². The Morgan fingerprint density at radius 3 is 1.00 bits per heavy atom. The zero-order chi connectivity index (χ0) is 25.8. The van der Waals surface area contributed by atoms with Crippen molar-refractivity contribution in [1.82, 2.24) is 8.66 Å². The predicted octanol–water partition coefficient (Wildman–Crippen LogP) is 8.79. The van der Waals surface area contributed by atoms with Crippen LogP contribution >= 0.6 is 0 Å². The summed E-state index contributed by atoms with van der Waals surface area (Å²) in [5, 5.41) is 0. The molecule has 0 atom stereocenters. The summed E-state index contributed by atoms with van der Waals surface area (Å²) in [6.07, 6.45) is 15.8. The van der Waals surface area contributed by atoms with E-state index in [1.165, 1.54) is 120 Å². The fourth-order valence-corrected chi connectivity index (χ4v) is 26.0. The average molecular weight is 654 g/mol. The molecule has 0 N–H and O–H groups in total. The third-order valence-electron chi connectivity index (χ3n) is 7.49. The topological polar surface area (TPSA) is 9.72 Å². The molecule has 4 heteroatoms. The third-order valence-corrected chi connectivity index (χ3v) is 26.4. The van der Waals surface area contributed by atoms with Gasteiger partial charge in [0.2, 0.25) is 0 Å². The summed E-state index contributed by atoms with van der Waals surface area (Å²) in [6, 6.07) is 11.6. The van der Waals surface area contributed by atoms with Crippen molar-refractivity contribution >= 4 is 0 Å². The van der Waals surface area contributed by atoms with Crippen molar-refractivity contribution in [2.24, 2.45) is 0 Å². The second-order valence-electron chi connectivity index (χ2n) is 10.5. The SMILES string of the molecule is CCCC[N](CCCC)[Hf]([CH2]c1ccccc1)([N](CCCC)CCCC)[N](CCCC)CCCC. The average Bonchev–Trinajstić information content (AvgIpc) is 2.88. The van der Waals surface area contributed by atoms with Gasteiger partial charge < -0.3 is 0 Å². The molecule has 0 fully saturated rings. The van der Waals surface area contributed by atoms with Gasteiger partial charge in [-0.2, -0.15) is 0 Å². The first-order valence-electron chi connectivity index (χ1n) is 15.4. The first-order valence-corrected chi connectivity index (χ1v) is 22.8. The van der Waals surface area contributed by atoms with Crippen molar-refractivity contribution in [1.29, 1.82) is 0 Å². The van der Waals surface area contributed by atoms with Gasteiger partial charge in [-0.15, -0.1) is 0 Å². The Kier molecular flexibility index (Phi) is 19.8. The van der Waals surface area contributed by atoms with Crippen LogP contribution in [-0.4, -0.2) is 47.9 Å². The van der Waals surface area contributed by atoms with Gasteiger partial charge >= 0.3 is 227 Å². The molecule has 0 heterocycles. The van der Waals surface area contributed by atoms with Gasteiger partial charge in [-0.05, 0) is 0 Å². The molecule has 0 saturated carbocycles. The van der Waals surface area contributed by atoms with Crippen LogP contribution in [0, 0.1) is 0 Å². The molecule has 0 saturated heterocycles. The van der Waals surface area contributed by atoms with E-state index in [1.807, 2.05) is 0 Å². The third kappa shape index (κ3) is 11.5. The summed E-state index contributed by atoms with van der Waals surface area (Å²) in [6.45, 7) is 22.1. The molecule has 0 radical (unpaired) electrons. The van der Waals surface area contributed by atoms with Gasteiger partial charge in [0, 0.05) is 0 Å². The molecule has 204 valence electrons. The van der Waals surface area contributed by atoms with E-state index in [9.17, 15) is 0 Å². The van der Waals surface area contributed by atoms with Crippen LogP contribution in [0.4, 0.5) is 0 Å². The van der Waals surface area contributed by atoms with Gasteiger partial charge in [-0.25, -0.2) is 0 Å². The Morgan fingerprint density at radius 2 is 0.743 bits per heavy atom. The van der Waals surface area contributed by atoms with E-state index in [-0.39, 0.29) is 0 Å². The van der Waals surface area contributed by atoms with Crippen molar-refractivity contribution in [3.8, 4) is 0 Å². The minimum absolute atomic E-state index is 1.30. The van der Waals surface area contributed by atoms with Crippen molar-refractivity contribution in [3.05, 3.63) is 35.9 Å². The van der Waals surface area contributed by atoms with Gasteiger partial charge in [-0.1, -0.05) is 0 Å². The first kappa shape index (κ1) is 33.0. The molecule has 1 aromatic carbocycles. The summed E-state index contributed by atoms with van der Waals surface area (Å²) < 4.78 is 10.8. The van der Waals surface area contributed by atoms with Gasteiger partial charge in [0.25, 0.3) is 0 Å².